The van der Waals surface area contributed by atoms with E-state index in [4.69, 9.17) is 5.73 Å². The van der Waals surface area contributed by atoms with Gasteiger partial charge in [-0.1, -0.05) is 18.2 Å². The minimum Gasteiger partial charge on any atom is -0.330 e. The summed E-state index contributed by atoms with van der Waals surface area (Å²) in [5, 5.41) is -0.277. The molecule has 0 radical (unpaired) electrons. The summed E-state index contributed by atoms with van der Waals surface area (Å²) in [6.07, 6.45) is 0.276. The lowest BCUT2D eigenvalue weighted by molar-refractivity contribution is -0.121. The van der Waals surface area contributed by atoms with E-state index in [0.29, 0.717) is 18.0 Å². The minimum absolute atomic E-state index is 0.118. The first kappa shape index (κ1) is 13.1. The van der Waals surface area contributed by atoms with Crippen LogP contribution in [0.2, 0.25) is 0 Å². The summed E-state index contributed by atoms with van der Waals surface area (Å²) < 4.78 is 0. The van der Waals surface area contributed by atoms with E-state index in [-0.39, 0.29) is 23.5 Å². The van der Waals surface area contributed by atoms with Gasteiger partial charge < -0.3 is 5.73 Å². The molecule has 96 valence electrons. The Labute approximate surface area is 111 Å². The first-order valence-corrected chi connectivity index (χ1v) is 6.94. The molecular weight excluding hydrogens is 248 g/mol. The maximum Gasteiger partial charge on any atom is 0.247 e. The predicted molar refractivity (Wildman–Crippen MR) is 73.6 cm³/mol. The Kier molecular flexibility index (Phi) is 4.04. The maximum absolute atomic E-state index is 12.2. The van der Waals surface area contributed by atoms with Gasteiger partial charge in [-0.15, -0.1) is 11.8 Å². The van der Waals surface area contributed by atoms with Crippen LogP contribution in [0.25, 0.3) is 0 Å². The molecule has 2 N–H and O–H groups in total. The molecule has 0 aromatic heterocycles. The lowest BCUT2D eigenvalue weighted by Gasteiger charge is -2.17. The number of thioether (sulfide) groups is 1. The number of aryl methyl sites for hydroxylation is 1. The molecule has 1 atom stereocenters. The molecule has 2 rings (SSSR count). The Hall–Kier alpha value is -1.33. The van der Waals surface area contributed by atoms with Gasteiger partial charge in [-0.05, 0) is 18.6 Å². The Morgan fingerprint density at radius 3 is 2.78 bits per heavy atom. The van der Waals surface area contributed by atoms with Crippen molar-refractivity contribution in [1.29, 1.82) is 0 Å². The van der Waals surface area contributed by atoms with Crippen LogP contribution in [0.15, 0.2) is 24.3 Å². The van der Waals surface area contributed by atoms with Gasteiger partial charge in [-0.25, -0.2) is 4.90 Å². The fourth-order valence-electron chi connectivity index (χ4n) is 2.01. The second-order valence-corrected chi connectivity index (χ2v) is 5.52. The molecule has 1 aromatic rings. The molecule has 2 amide bonds. The lowest BCUT2D eigenvalue weighted by Crippen LogP contribution is -2.31. The number of hydrogen-bond acceptors (Lipinski definition) is 4. The molecule has 1 saturated heterocycles. The molecule has 1 aliphatic rings. The van der Waals surface area contributed by atoms with Crippen molar-refractivity contribution in [2.24, 2.45) is 5.73 Å². The highest BCUT2D eigenvalue weighted by Gasteiger charge is 2.39. The fraction of sp³-hybridized carbons (Fsp3) is 0.385. The van der Waals surface area contributed by atoms with E-state index >= 15 is 0 Å². The van der Waals surface area contributed by atoms with Crippen molar-refractivity contribution in [1.82, 2.24) is 0 Å². The molecule has 0 spiro atoms. The van der Waals surface area contributed by atoms with Crippen molar-refractivity contribution in [2.45, 2.75) is 18.6 Å². The van der Waals surface area contributed by atoms with Crippen LogP contribution in [0, 0.1) is 6.92 Å². The first-order valence-electron chi connectivity index (χ1n) is 5.89. The number of amides is 2. The van der Waals surface area contributed by atoms with Crippen molar-refractivity contribution in [3.63, 3.8) is 0 Å². The van der Waals surface area contributed by atoms with E-state index in [2.05, 4.69) is 0 Å². The van der Waals surface area contributed by atoms with E-state index in [1.54, 1.807) is 6.07 Å². The summed E-state index contributed by atoms with van der Waals surface area (Å²) in [4.78, 5) is 25.5. The zero-order chi connectivity index (χ0) is 13.1. The second-order valence-electron chi connectivity index (χ2n) is 4.21. The van der Waals surface area contributed by atoms with Gasteiger partial charge in [0.05, 0.1) is 10.9 Å². The van der Waals surface area contributed by atoms with Gasteiger partial charge in [0.1, 0.15) is 0 Å². The molecule has 5 heteroatoms. The molecule has 1 aromatic carbocycles. The third-order valence-corrected chi connectivity index (χ3v) is 4.14. The minimum atomic E-state index is -0.277. The number of carbonyl (C=O) groups excluding carboxylic acids is 2. The molecule has 1 aliphatic heterocycles. The lowest BCUT2D eigenvalue weighted by atomic mass is 10.2. The first-order chi connectivity index (χ1) is 8.65. The quantitative estimate of drug-likeness (QED) is 0.833. The van der Waals surface area contributed by atoms with Crippen molar-refractivity contribution in [3.8, 4) is 0 Å². The monoisotopic (exact) mass is 264 g/mol. The van der Waals surface area contributed by atoms with E-state index in [0.717, 1.165) is 5.56 Å². The Balaban J connectivity index is 2.22. The average Bonchev–Trinajstić information content (AvgIpc) is 2.63. The van der Waals surface area contributed by atoms with Crippen LogP contribution in [-0.2, 0) is 9.59 Å². The van der Waals surface area contributed by atoms with Gasteiger partial charge in [0.15, 0.2) is 0 Å². The van der Waals surface area contributed by atoms with Gasteiger partial charge in [-0.2, -0.15) is 0 Å². The number of carbonyl (C=O) groups is 2. The normalized spacial score (nSPS) is 19.7. The second kappa shape index (κ2) is 5.54. The largest absolute Gasteiger partial charge is 0.330 e. The number of imide groups is 1. The van der Waals surface area contributed by atoms with Crippen molar-refractivity contribution >= 4 is 29.3 Å². The molecule has 0 bridgehead atoms. The van der Waals surface area contributed by atoms with E-state index in [9.17, 15) is 9.59 Å². The summed E-state index contributed by atoms with van der Waals surface area (Å²) in [6, 6.07) is 7.44. The van der Waals surface area contributed by atoms with E-state index in [1.165, 1.54) is 16.7 Å². The van der Waals surface area contributed by atoms with Crippen LogP contribution in [0.3, 0.4) is 0 Å². The van der Waals surface area contributed by atoms with Crippen LogP contribution in [0.4, 0.5) is 5.69 Å². The van der Waals surface area contributed by atoms with Gasteiger partial charge in [0.2, 0.25) is 11.8 Å². The van der Waals surface area contributed by atoms with Crippen LogP contribution in [0.1, 0.15) is 12.0 Å². The third kappa shape index (κ3) is 2.42. The highest BCUT2D eigenvalue weighted by Crippen LogP contribution is 2.30. The SMILES string of the molecule is Cc1ccccc1N1C(=O)CC(SCCN)C1=O. The van der Waals surface area contributed by atoms with E-state index in [1.807, 2.05) is 25.1 Å². The molecule has 1 unspecified atom stereocenters. The van der Waals surface area contributed by atoms with Crippen molar-refractivity contribution in [2.75, 3.05) is 17.2 Å². The van der Waals surface area contributed by atoms with Crippen molar-refractivity contribution < 1.29 is 9.59 Å². The zero-order valence-corrected chi connectivity index (χ0v) is 11.1. The third-order valence-electron chi connectivity index (χ3n) is 2.90. The Morgan fingerprint density at radius 2 is 2.11 bits per heavy atom. The Bertz CT molecular complexity index is 476. The number of anilines is 1. The maximum atomic E-state index is 12.2. The van der Waals surface area contributed by atoms with Crippen LogP contribution >= 0.6 is 11.8 Å². The molecule has 1 heterocycles. The van der Waals surface area contributed by atoms with E-state index < -0.39 is 0 Å². The molecule has 4 nitrogen and oxygen atoms in total. The predicted octanol–water partition coefficient (Wildman–Crippen LogP) is 1.32. The summed E-state index contributed by atoms with van der Waals surface area (Å²) in [5.74, 6) is 0.460. The summed E-state index contributed by atoms with van der Waals surface area (Å²) >= 11 is 1.46. The van der Waals surface area contributed by atoms with Gasteiger partial charge in [0, 0.05) is 18.7 Å². The number of para-hydroxylation sites is 1. The number of nitrogens with zero attached hydrogens (tertiary/aromatic N) is 1. The van der Waals surface area contributed by atoms with Gasteiger partial charge in [0.25, 0.3) is 0 Å². The molecular formula is C13H16N2O2S. The smallest absolute Gasteiger partial charge is 0.247 e. The summed E-state index contributed by atoms with van der Waals surface area (Å²) in [6.45, 7) is 2.42. The van der Waals surface area contributed by atoms with Crippen LogP contribution in [0.5, 0.6) is 0 Å². The standard InChI is InChI=1S/C13H16N2O2S/c1-9-4-2-3-5-10(9)15-12(16)8-11(13(15)17)18-7-6-14/h2-5,11H,6-8,14H2,1H3. The molecule has 0 aliphatic carbocycles. The van der Waals surface area contributed by atoms with Crippen LogP contribution < -0.4 is 10.6 Å². The summed E-state index contributed by atoms with van der Waals surface area (Å²) in [7, 11) is 0. The average molecular weight is 264 g/mol. The van der Waals surface area contributed by atoms with Gasteiger partial charge in [-0.3, -0.25) is 9.59 Å². The topological polar surface area (TPSA) is 63.4 Å². The molecule has 1 fully saturated rings. The fourth-order valence-corrected chi connectivity index (χ4v) is 2.94. The highest BCUT2D eigenvalue weighted by molar-refractivity contribution is 8.00. The summed E-state index contributed by atoms with van der Waals surface area (Å²) in [5.41, 5.74) is 7.06. The molecule has 18 heavy (non-hydrogen) atoms. The van der Waals surface area contributed by atoms with Gasteiger partial charge >= 0.3 is 0 Å². The zero-order valence-electron chi connectivity index (χ0n) is 10.3. The number of nitrogens with two attached hydrogens (primary N) is 1. The number of hydrogen-bond donors (Lipinski definition) is 1. The van der Waals surface area contributed by atoms with Crippen molar-refractivity contribution in [3.05, 3.63) is 29.8 Å². The molecule has 0 saturated carbocycles. The number of rotatable bonds is 4. The number of benzene rings is 1. The highest BCUT2D eigenvalue weighted by atomic mass is 32.2. The Morgan fingerprint density at radius 1 is 1.39 bits per heavy atom. The van der Waals surface area contributed by atoms with Crippen LogP contribution in [-0.4, -0.2) is 29.4 Å².